The minimum Gasteiger partial charge on any atom is -0.355 e. The number of rotatable bonds is 7. The van der Waals surface area contributed by atoms with Crippen LogP contribution in [0.1, 0.15) is 39.0 Å². The molecule has 1 aromatic heterocycles. The van der Waals surface area contributed by atoms with Crippen molar-refractivity contribution in [3.8, 4) is 0 Å². The highest BCUT2D eigenvalue weighted by Crippen LogP contribution is 2.21. The number of nitrogens with zero attached hydrogens (tertiary/aromatic N) is 3. The second-order valence-corrected chi connectivity index (χ2v) is 5.91. The summed E-state index contributed by atoms with van der Waals surface area (Å²) in [6.45, 7) is 4.36. The number of nitrogens with one attached hydrogen (secondary N) is 1. The molecule has 0 aliphatic carbocycles. The molecule has 1 amide bonds. The van der Waals surface area contributed by atoms with Gasteiger partial charge in [-0.1, -0.05) is 19.8 Å². The van der Waals surface area contributed by atoms with Gasteiger partial charge in [-0.2, -0.15) is 0 Å². The van der Waals surface area contributed by atoms with Crippen molar-refractivity contribution in [3.63, 3.8) is 0 Å². The van der Waals surface area contributed by atoms with E-state index in [4.69, 9.17) is 5.73 Å². The Morgan fingerprint density at radius 3 is 2.82 bits per heavy atom. The molecule has 0 bridgehead atoms. The summed E-state index contributed by atoms with van der Waals surface area (Å²) in [5.74, 6) is 1.14. The molecule has 6 heteroatoms. The van der Waals surface area contributed by atoms with Crippen molar-refractivity contribution < 1.29 is 4.79 Å². The zero-order chi connectivity index (χ0) is 15.8. The van der Waals surface area contributed by atoms with E-state index in [0.717, 1.165) is 51.0 Å². The standard InChI is InChI=1S/C16H27N5O/c1-2-3-4-14(11-17)20-16(22)13-5-9-21(10-6-13)15-12-18-7-8-19-15/h7-8,12-14H,2-6,9-11,17H2,1H3,(H,20,22). The van der Waals surface area contributed by atoms with Gasteiger partial charge >= 0.3 is 0 Å². The normalized spacial score (nSPS) is 17.3. The van der Waals surface area contributed by atoms with E-state index in [1.54, 1.807) is 18.6 Å². The fourth-order valence-corrected chi connectivity index (χ4v) is 2.84. The van der Waals surface area contributed by atoms with Gasteiger partial charge in [0.25, 0.3) is 0 Å². The van der Waals surface area contributed by atoms with E-state index in [1.807, 2.05) is 0 Å². The predicted molar refractivity (Wildman–Crippen MR) is 87.5 cm³/mol. The van der Waals surface area contributed by atoms with Crippen LogP contribution < -0.4 is 16.0 Å². The van der Waals surface area contributed by atoms with Crippen molar-refractivity contribution in [2.75, 3.05) is 24.5 Å². The molecule has 2 heterocycles. The van der Waals surface area contributed by atoms with Crippen molar-refractivity contribution in [1.29, 1.82) is 0 Å². The van der Waals surface area contributed by atoms with Gasteiger partial charge in [0.1, 0.15) is 5.82 Å². The molecular weight excluding hydrogens is 278 g/mol. The molecule has 1 fully saturated rings. The zero-order valence-corrected chi connectivity index (χ0v) is 13.4. The summed E-state index contributed by atoms with van der Waals surface area (Å²) in [7, 11) is 0. The molecule has 0 radical (unpaired) electrons. The van der Waals surface area contributed by atoms with Crippen LogP contribution >= 0.6 is 0 Å². The number of anilines is 1. The summed E-state index contributed by atoms with van der Waals surface area (Å²) in [6, 6.07) is 0.116. The Bertz CT molecular complexity index is 445. The maximum atomic E-state index is 12.4. The Morgan fingerprint density at radius 2 is 2.23 bits per heavy atom. The van der Waals surface area contributed by atoms with Gasteiger partial charge in [0.15, 0.2) is 0 Å². The number of aromatic nitrogens is 2. The highest BCUT2D eigenvalue weighted by atomic mass is 16.1. The first-order valence-electron chi connectivity index (χ1n) is 8.26. The third kappa shape index (κ3) is 4.66. The fourth-order valence-electron chi connectivity index (χ4n) is 2.84. The SMILES string of the molecule is CCCCC(CN)NC(=O)C1CCN(c2cnccn2)CC1. The Hall–Kier alpha value is -1.69. The lowest BCUT2D eigenvalue weighted by Gasteiger charge is -2.32. The Kier molecular flexibility index (Phi) is 6.58. The van der Waals surface area contributed by atoms with Crippen molar-refractivity contribution in [2.45, 2.75) is 45.1 Å². The monoisotopic (exact) mass is 305 g/mol. The van der Waals surface area contributed by atoms with Gasteiger partial charge in [0, 0.05) is 44.0 Å². The minimum absolute atomic E-state index is 0.0867. The highest BCUT2D eigenvalue weighted by molar-refractivity contribution is 5.79. The highest BCUT2D eigenvalue weighted by Gasteiger charge is 2.26. The quantitative estimate of drug-likeness (QED) is 0.794. The van der Waals surface area contributed by atoms with E-state index in [1.165, 1.54) is 0 Å². The summed E-state index contributed by atoms with van der Waals surface area (Å²) >= 11 is 0. The molecule has 1 aromatic rings. The third-order valence-electron chi connectivity index (χ3n) is 4.28. The van der Waals surface area contributed by atoms with Gasteiger partial charge < -0.3 is 16.0 Å². The topological polar surface area (TPSA) is 84.1 Å². The molecule has 1 aliphatic heterocycles. The average molecular weight is 305 g/mol. The number of unbranched alkanes of at least 4 members (excludes halogenated alkanes) is 1. The van der Waals surface area contributed by atoms with Crippen LogP contribution in [0.3, 0.4) is 0 Å². The van der Waals surface area contributed by atoms with Crippen LogP contribution in [0.4, 0.5) is 5.82 Å². The maximum absolute atomic E-state index is 12.4. The molecule has 3 N–H and O–H groups in total. The number of hydrogen-bond acceptors (Lipinski definition) is 5. The van der Waals surface area contributed by atoms with Crippen LogP contribution in [0.2, 0.25) is 0 Å². The van der Waals surface area contributed by atoms with Crippen molar-refractivity contribution in [3.05, 3.63) is 18.6 Å². The lowest BCUT2D eigenvalue weighted by Crippen LogP contribution is -2.46. The molecule has 2 rings (SSSR count). The van der Waals surface area contributed by atoms with Crippen LogP contribution in [0.5, 0.6) is 0 Å². The molecule has 22 heavy (non-hydrogen) atoms. The molecule has 0 aromatic carbocycles. The fraction of sp³-hybridized carbons (Fsp3) is 0.688. The number of nitrogens with two attached hydrogens (primary N) is 1. The summed E-state index contributed by atoms with van der Waals surface area (Å²) in [6.07, 6.45) is 10.1. The van der Waals surface area contributed by atoms with Crippen molar-refractivity contribution >= 4 is 11.7 Å². The van der Waals surface area contributed by atoms with E-state index in [0.29, 0.717) is 6.54 Å². The molecule has 6 nitrogen and oxygen atoms in total. The Morgan fingerprint density at radius 1 is 1.45 bits per heavy atom. The van der Waals surface area contributed by atoms with Gasteiger partial charge in [-0.15, -0.1) is 0 Å². The van der Waals surface area contributed by atoms with Gasteiger partial charge in [0.05, 0.1) is 6.20 Å². The van der Waals surface area contributed by atoms with Gasteiger partial charge in [-0.25, -0.2) is 4.98 Å². The Balaban J connectivity index is 1.79. The van der Waals surface area contributed by atoms with Crippen molar-refractivity contribution in [2.24, 2.45) is 11.7 Å². The second kappa shape index (κ2) is 8.68. The molecular formula is C16H27N5O. The third-order valence-corrected chi connectivity index (χ3v) is 4.28. The van der Waals surface area contributed by atoms with Crippen LogP contribution in [0, 0.1) is 5.92 Å². The van der Waals surface area contributed by atoms with E-state index in [-0.39, 0.29) is 17.9 Å². The average Bonchev–Trinajstić information content (AvgIpc) is 2.59. The summed E-state index contributed by atoms with van der Waals surface area (Å²) in [5, 5.41) is 3.12. The first kappa shape index (κ1) is 16.7. The molecule has 1 atom stereocenters. The van der Waals surface area contributed by atoms with E-state index in [9.17, 15) is 4.79 Å². The van der Waals surface area contributed by atoms with Crippen LogP contribution in [0.15, 0.2) is 18.6 Å². The van der Waals surface area contributed by atoms with Gasteiger partial charge in [0.2, 0.25) is 5.91 Å². The molecule has 0 saturated carbocycles. The molecule has 0 spiro atoms. The van der Waals surface area contributed by atoms with Gasteiger partial charge in [-0.3, -0.25) is 9.78 Å². The predicted octanol–water partition coefficient (Wildman–Crippen LogP) is 1.33. The zero-order valence-electron chi connectivity index (χ0n) is 13.4. The van der Waals surface area contributed by atoms with Crippen LogP contribution in [0.25, 0.3) is 0 Å². The second-order valence-electron chi connectivity index (χ2n) is 5.91. The van der Waals surface area contributed by atoms with Crippen molar-refractivity contribution in [1.82, 2.24) is 15.3 Å². The molecule has 1 unspecified atom stereocenters. The summed E-state index contributed by atoms with van der Waals surface area (Å²) in [4.78, 5) is 23.0. The number of carbonyl (C=O) groups is 1. The van der Waals surface area contributed by atoms with E-state index >= 15 is 0 Å². The van der Waals surface area contributed by atoms with Crippen LogP contribution in [-0.2, 0) is 4.79 Å². The largest absolute Gasteiger partial charge is 0.355 e. The first-order chi connectivity index (χ1) is 10.7. The minimum atomic E-state index is 0.0867. The van der Waals surface area contributed by atoms with E-state index in [2.05, 4.69) is 27.1 Å². The number of piperidine rings is 1. The molecule has 122 valence electrons. The van der Waals surface area contributed by atoms with E-state index < -0.39 is 0 Å². The summed E-state index contributed by atoms with van der Waals surface area (Å²) in [5.41, 5.74) is 5.75. The van der Waals surface area contributed by atoms with Crippen LogP contribution in [-0.4, -0.2) is 41.6 Å². The number of amides is 1. The lowest BCUT2D eigenvalue weighted by molar-refractivity contribution is -0.126. The molecule has 1 saturated heterocycles. The summed E-state index contributed by atoms with van der Waals surface area (Å²) < 4.78 is 0. The first-order valence-corrected chi connectivity index (χ1v) is 8.26. The Labute approximate surface area is 132 Å². The number of carbonyl (C=O) groups excluding carboxylic acids is 1. The molecule has 1 aliphatic rings. The number of hydrogen-bond donors (Lipinski definition) is 2. The maximum Gasteiger partial charge on any atom is 0.223 e. The van der Waals surface area contributed by atoms with Gasteiger partial charge in [-0.05, 0) is 19.3 Å². The lowest BCUT2D eigenvalue weighted by atomic mass is 9.95. The smallest absolute Gasteiger partial charge is 0.223 e.